The quantitative estimate of drug-likeness (QED) is 0.446. The fraction of sp³-hybridized carbons (Fsp3) is 0.211. The fourth-order valence-electron chi connectivity index (χ4n) is 2.78. The summed E-state index contributed by atoms with van der Waals surface area (Å²) < 4.78 is 26.3. The first-order chi connectivity index (χ1) is 14.5. The zero-order valence-electron chi connectivity index (χ0n) is 15.7. The number of carbonyl (C=O) groups is 2. The predicted molar refractivity (Wildman–Crippen MR) is 118 cm³/mol. The standard InChI is InChI=1S/C19H14Cl4F2N4O2/c1-28-16(17(30)29(18(28)31)13-9-5-3-7-11(13)25)27-15(14(20)19(21,22)23)26-12-8-4-2-6-10(12)24/h2-9,14-15,26H,1H3. The zero-order valence-corrected chi connectivity index (χ0v) is 18.7. The second-order valence-electron chi connectivity index (χ2n) is 6.40. The van der Waals surface area contributed by atoms with Crippen molar-refractivity contribution in [3.05, 3.63) is 60.2 Å². The molecule has 0 saturated carbocycles. The molecule has 3 rings (SSSR count). The van der Waals surface area contributed by atoms with Crippen LogP contribution in [0, 0.1) is 11.6 Å². The summed E-state index contributed by atoms with van der Waals surface area (Å²) in [5, 5.41) is 1.29. The maximum absolute atomic E-state index is 14.2. The number of para-hydroxylation sites is 2. The summed E-state index contributed by atoms with van der Waals surface area (Å²) in [4.78, 5) is 31.2. The van der Waals surface area contributed by atoms with Gasteiger partial charge in [-0.1, -0.05) is 59.1 Å². The molecule has 1 saturated heterocycles. The van der Waals surface area contributed by atoms with Crippen molar-refractivity contribution in [3.63, 3.8) is 0 Å². The molecular weight excluding hydrogens is 496 g/mol. The lowest BCUT2D eigenvalue weighted by atomic mass is 10.2. The molecule has 1 aliphatic heterocycles. The van der Waals surface area contributed by atoms with E-state index in [1.54, 1.807) is 6.07 Å². The van der Waals surface area contributed by atoms with E-state index in [0.29, 0.717) is 4.90 Å². The average Bonchev–Trinajstić information content (AvgIpc) is 2.91. The van der Waals surface area contributed by atoms with Gasteiger partial charge in [0.05, 0.1) is 11.4 Å². The number of alkyl halides is 4. The fourth-order valence-corrected chi connectivity index (χ4v) is 3.25. The van der Waals surface area contributed by atoms with Crippen molar-refractivity contribution in [1.82, 2.24) is 4.90 Å². The van der Waals surface area contributed by atoms with Crippen LogP contribution in [-0.2, 0) is 4.79 Å². The highest BCUT2D eigenvalue weighted by atomic mass is 35.6. The first-order valence-electron chi connectivity index (χ1n) is 8.68. The average molecular weight is 510 g/mol. The smallest absolute Gasteiger partial charge is 0.337 e. The Kier molecular flexibility index (Phi) is 6.95. The molecule has 2 aromatic carbocycles. The van der Waals surface area contributed by atoms with E-state index in [2.05, 4.69) is 10.3 Å². The van der Waals surface area contributed by atoms with Crippen LogP contribution >= 0.6 is 46.4 Å². The van der Waals surface area contributed by atoms with Crippen molar-refractivity contribution >= 4 is 75.6 Å². The maximum Gasteiger partial charge on any atom is 0.337 e. The van der Waals surface area contributed by atoms with Gasteiger partial charge in [-0.2, -0.15) is 0 Å². The summed E-state index contributed by atoms with van der Waals surface area (Å²) in [6.07, 6.45) is -1.35. The third-order valence-electron chi connectivity index (χ3n) is 4.31. The molecule has 6 nitrogen and oxygen atoms in total. The van der Waals surface area contributed by atoms with E-state index in [9.17, 15) is 18.4 Å². The number of rotatable bonds is 5. The third kappa shape index (κ3) is 4.87. The second kappa shape index (κ2) is 9.16. The molecule has 0 bridgehead atoms. The number of anilines is 2. The van der Waals surface area contributed by atoms with E-state index >= 15 is 0 Å². The van der Waals surface area contributed by atoms with Crippen LogP contribution in [0.4, 0.5) is 25.0 Å². The minimum atomic E-state index is -2.07. The van der Waals surface area contributed by atoms with Gasteiger partial charge in [0.1, 0.15) is 23.2 Å². The van der Waals surface area contributed by atoms with Crippen molar-refractivity contribution in [3.8, 4) is 0 Å². The number of nitrogens with one attached hydrogen (secondary N) is 1. The van der Waals surface area contributed by atoms with Crippen molar-refractivity contribution in [2.24, 2.45) is 4.99 Å². The van der Waals surface area contributed by atoms with Crippen LogP contribution in [0.5, 0.6) is 0 Å². The number of nitrogens with zero attached hydrogens (tertiary/aromatic N) is 3. The van der Waals surface area contributed by atoms with Crippen LogP contribution in [-0.4, -0.2) is 45.1 Å². The molecule has 0 aliphatic carbocycles. The summed E-state index contributed by atoms with van der Waals surface area (Å²) in [7, 11) is 1.26. The highest BCUT2D eigenvalue weighted by Crippen LogP contribution is 2.37. The number of amidine groups is 1. The minimum Gasteiger partial charge on any atom is -0.360 e. The van der Waals surface area contributed by atoms with E-state index < -0.39 is 44.7 Å². The Balaban J connectivity index is 2.02. The van der Waals surface area contributed by atoms with Crippen LogP contribution in [0.25, 0.3) is 0 Å². The van der Waals surface area contributed by atoms with Crippen molar-refractivity contribution < 1.29 is 18.4 Å². The lowest BCUT2D eigenvalue weighted by Crippen LogP contribution is -2.40. The minimum absolute atomic E-state index is 0.0258. The van der Waals surface area contributed by atoms with E-state index in [0.717, 1.165) is 11.0 Å². The van der Waals surface area contributed by atoms with Crippen molar-refractivity contribution in [2.45, 2.75) is 15.3 Å². The topological polar surface area (TPSA) is 65.0 Å². The molecule has 164 valence electrons. The Morgan fingerprint density at radius 2 is 1.58 bits per heavy atom. The Hall–Kier alpha value is -2.13. The summed E-state index contributed by atoms with van der Waals surface area (Å²) >= 11 is 23.9. The molecule has 1 heterocycles. The van der Waals surface area contributed by atoms with E-state index in [4.69, 9.17) is 46.4 Å². The summed E-state index contributed by atoms with van der Waals surface area (Å²) in [5.41, 5.74) is -0.279. The number of hydrogen-bond acceptors (Lipinski definition) is 4. The first kappa shape index (κ1) is 23.5. The molecule has 0 radical (unpaired) electrons. The molecule has 12 heteroatoms. The molecule has 3 amide bonds. The largest absolute Gasteiger partial charge is 0.360 e. The van der Waals surface area contributed by atoms with Gasteiger partial charge in [0.15, 0.2) is 0 Å². The SMILES string of the molecule is CN1C(=O)N(c2ccccc2F)C(=O)C1=NC(Nc1ccccc1F)C(Cl)C(Cl)(Cl)Cl. The van der Waals surface area contributed by atoms with Crippen molar-refractivity contribution in [2.75, 3.05) is 17.3 Å². The van der Waals surface area contributed by atoms with Gasteiger partial charge >= 0.3 is 11.9 Å². The molecule has 0 aromatic heterocycles. The van der Waals surface area contributed by atoms with Gasteiger partial charge in [0.25, 0.3) is 0 Å². The van der Waals surface area contributed by atoms with Gasteiger partial charge in [-0.05, 0) is 24.3 Å². The molecule has 2 aromatic rings. The van der Waals surface area contributed by atoms with Gasteiger partial charge in [-0.25, -0.2) is 23.5 Å². The Morgan fingerprint density at radius 3 is 2.16 bits per heavy atom. The van der Waals surface area contributed by atoms with E-state index in [1.165, 1.54) is 43.4 Å². The number of aliphatic imine (C=N–C) groups is 1. The zero-order chi connectivity index (χ0) is 22.9. The van der Waals surface area contributed by atoms with Crippen LogP contribution < -0.4 is 10.2 Å². The number of halogens is 6. The van der Waals surface area contributed by atoms with Gasteiger partial charge in [0.2, 0.25) is 9.63 Å². The molecule has 31 heavy (non-hydrogen) atoms. The van der Waals surface area contributed by atoms with Crippen LogP contribution in [0.3, 0.4) is 0 Å². The molecular formula is C19H14Cl4F2N4O2. The van der Waals surface area contributed by atoms with Crippen LogP contribution in [0.1, 0.15) is 0 Å². The van der Waals surface area contributed by atoms with E-state index in [-0.39, 0.29) is 11.4 Å². The highest BCUT2D eigenvalue weighted by molar-refractivity contribution is 6.70. The monoisotopic (exact) mass is 508 g/mol. The molecule has 1 N–H and O–H groups in total. The van der Waals surface area contributed by atoms with Crippen molar-refractivity contribution in [1.29, 1.82) is 0 Å². The Morgan fingerprint density at radius 1 is 1.00 bits per heavy atom. The first-order valence-corrected chi connectivity index (χ1v) is 10.3. The van der Waals surface area contributed by atoms with Gasteiger partial charge < -0.3 is 5.32 Å². The number of urea groups is 1. The number of amides is 3. The molecule has 2 unspecified atom stereocenters. The lowest BCUT2D eigenvalue weighted by molar-refractivity contribution is -0.111. The molecule has 1 aliphatic rings. The third-order valence-corrected chi connectivity index (χ3v) is 5.92. The summed E-state index contributed by atoms with van der Waals surface area (Å²) in [6.45, 7) is 0. The second-order valence-corrected chi connectivity index (χ2v) is 9.24. The number of carbonyl (C=O) groups excluding carboxylic acids is 2. The van der Waals surface area contributed by atoms with Gasteiger partial charge in [-0.3, -0.25) is 9.69 Å². The number of likely N-dealkylation sites (N-methyl/N-ethyl adjacent to an activating group) is 1. The van der Waals surface area contributed by atoms with Gasteiger partial charge in [0, 0.05) is 7.05 Å². The van der Waals surface area contributed by atoms with E-state index in [1.807, 2.05) is 0 Å². The van der Waals surface area contributed by atoms with Gasteiger partial charge in [-0.15, -0.1) is 11.6 Å². The predicted octanol–water partition coefficient (Wildman–Crippen LogP) is 5.18. The molecule has 0 spiro atoms. The summed E-state index contributed by atoms with van der Waals surface area (Å²) in [6, 6.07) is 9.98. The van der Waals surface area contributed by atoms with Crippen LogP contribution in [0.2, 0.25) is 0 Å². The number of hydrogen-bond donors (Lipinski definition) is 1. The summed E-state index contributed by atoms with van der Waals surface area (Å²) in [5.74, 6) is -2.75. The molecule has 2 atom stereocenters. The maximum atomic E-state index is 14.2. The number of benzene rings is 2. The Labute approximate surface area is 196 Å². The lowest BCUT2D eigenvalue weighted by Gasteiger charge is -2.27. The molecule has 1 fully saturated rings. The Bertz CT molecular complexity index is 1050. The highest BCUT2D eigenvalue weighted by Gasteiger charge is 2.45. The normalized spacial score (nSPS) is 18.0. The number of imide groups is 1. The van der Waals surface area contributed by atoms with Crippen LogP contribution in [0.15, 0.2) is 53.5 Å².